The second-order valence-corrected chi connectivity index (χ2v) is 5.88. The molecular formula is C19H14FN3O2. The van der Waals surface area contributed by atoms with E-state index in [2.05, 4.69) is 4.98 Å². The van der Waals surface area contributed by atoms with Crippen molar-refractivity contribution in [1.82, 2.24) is 14.0 Å². The van der Waals surface area contributed by atoms with Gasteiger partial charge in [0.15, 0.2) is 5.78 Å². The molecule has 25 heavy (non-hydrogen) atoms. The predicted molar refractivity (Wildman–Crippen MR) is 92.4 cm³/mol. The number of ketones is 1. The van der Waals surface area contributed by atoms with E-state index in [9.17, 15) is 14.0 Å². The van der Waals surface area contributed by atoms with Crippen LogP contribution in [0.1, 0.15) is 16.1 Å². The zero-order chi connectivity index (χ0) is 17.6. The molecule has 0 saturated heterocycles. The SMILES string of the molecule is Cc1cc(=O)n2c3ccccc3nc2n1CC(=O)c1ccc(F)cc1. The molecule has 2 aromatic carbocycles. The van der Waals surface area contributed by atoms with E-state index in [1.807, 2.05) is 24.3 Å². The first-order valence-electron chi connectivity index (χ1n) is 7.81. The molecule has 5 nitrogen and oxygen atoms in total. The minimum Gasteiger partial charge on any atom is -0.308 e. The molecule has 0 bridgehead atoms. The highest BCUT2D eigenvalue weighted by Crippen LogP contribution is 2.16. The van der Waals surface area contributed by atoms with Gasteiger partial charge in [-0.25, -0.2) is 13.8 Å². The van der Waals surface area contributed by atoms with Crippen molar-refractivity contribution in [2.24, 2.45) is 0 Å². The molecule has 0 saturated carbocycles. The topological polar surface area (TPSA) is 56.4 Å². The Morgan fingerprint density at radius 1 is 1.12 bits per heavy atom. The van der Waals surface area contributed by atoms with Gasteiger partial charge in [-0.15, -0.1) is 0 Å². The number of rotatable bonds is 3. The van der Waals surface area contributed by atoms with Crippen LogP contribution >= 0.6 is 0 Å². The standard InChI is InChI=1S/C19H14FN3O2/c1-12-10-18(25)23-16-5-3-2-4-15(16)21-19(23)22(12)11-17(24)13-6-8-14(20)9-7-13/h2-10H,11H2,1H3. The molecule has 0 radical (unpaired) electrons. The maximum absolute atomic E-state index is 13.0. The number of Topliss-reactive ketones (excluding diaryl/α,β-unsaturated/α-hetero) is 1. The van der Waals surface area contributed by atoms with Gasteiger partial charge in [-0.3, -0.25) is 9.59 Å². The average molecular weight is 335 g/mol. The van der Waals surface area contributed by atoms with Crippen molar-refractivity contribution in [1.29, 1.82) is 0 Å². The van der Waals surface area contributed by atoms with E-state index in [0.29, 0.717) is 28.1 Å². The summed E-state index contributed by atoms with van der Waals surface area (Å²) in [7, 11) is 0. The van der Waals surface area contributed by atoms with Gasteiger partial charge in [-0.2, -0.15) is 0 Å². The van der Waals surface area contributed by atoms with Crippen molar-refractivity contribution in [2.45, 2.75) is 13.5 Å². The normalized spacial score (nSPS) is 11.3. The Labute approximate surface area is 142 Å². The molecule has 0 amide bonds. The summed E-state index contributed by atoms with van der Waals surface area (Å²) in [6.45, 7) is 1.78. The number of hydrogen-bond donors (Lipinski definition) is 0. The number of benzene rings is 2. The molecule has 0 N–H and O–H groups in total. The van der Waals surface area contributed by atoms with Crippen molar-refractivity contribution >= 4 is 22.6 Å². The molecule has 6 heteroatoms. The average Bonchev–Trinajstić information content (AvgIpc) is 2.99. The van der Waals surface area contributed by atoms with Crippen LogP contribution in [0.25, 0.3) is 16.8 Å². The molecule has 0 aliphatic heterocycles. The number of imidazole rings is 1. The highest BCUT2D eigenvalue weighted by atomic mass is 19.1. The molecule has 4 aromatic rings. The van der Waals surface area contributed by atoms with E-state index >= 15 is 0 Å². The lowest BCUT2D eigenvalue weighted by molar-refractivity contribution is 0.0972. The summed E-state index contributed by atoms with van der Waals surface area (Å²) in [5.74, 6) is -0.152. The summed E-state index contributed by atoms with van der Waals surface area (Å²) >= 11 is 0. The van der Waals surface area contributed by atoms with Crippen LogP contribution in [0.4, 0.5) is 4.39 Å². The maximum Gasteiger partial charge on any atom is 0.259 e. The number of carbonyl (C=O) groups is 1. The fourth-order valence-electron chi connectivity index (χ4n) is 2.96. The third-order valence-corrected chi connectivity index (χ3v) is 4.23. The fraction of sp³-hybridized carbons (Fsp3) is 0.105. The molecular weight excluding hydrogens is 321 g/mol. The Kier molecular flexibility index (Phi) is 3.46. The lowest BCUT2D eigenvalue weighted by Crippen LogP contribution is -2.22. The molecule has 2 heterocycles. The second kappa shape index (κ2) is 5.66. The minimum absolute atomic E-state index is 0.0184. The molecule has 0 spiro atoms. The Hall–Kier alpha value is -3.28. The third kappa shape index (κ3) is 2.52. The molecule has 0 unspecified atom stereocenters. The van der Waals surface area contributed by atoms with Gasteiger partial charge < -0.3 is 4.57 Å². The van der Waals surface area contributed by atoms with Crippen LogP contribution in [0.5, 0.6) is 0 Å². The van der Waals surface area contributed by atoms with Crippen LogP contribution in [0, 0.1) is 12.7 Å². The number of aryl methyl sites for hydroxylation is 1. The lowest BCUT2D eigenvalue weighted by Gasteiger charge is -2.11. The molecule has 0 aliphatic carbocycles. The Bertz CT molecular complexity index is 1170. The van der Waals surface area contributed by atoms with Gasteiger partial charge in [0.1, 0.15) is 5.82 Å². The summed E-state index contributed by atoms with van der Waals surface area (Å²) in [5.41, 5.74) is 2.25. The molecule has 124 valence electrons. The van der Waals surface area contributed by atoms with Gasteiger partial charge in [0, 0.05) is 17.3 Å². The number of fused-ring (bicyclic) bond motifs is 3. The van der Waals surface area contributed by atoms with Crippen molar-refractivity contribution in [3.05, 3.63) is 82.0 Å². The van der Waals surface area contributed by atoms with E-state index in [4.69, 9.17) is 0 Å². The highest BCUT2D eigenvalue weighted by Gasteiger charge is 2.15. The van der Waals surface area contributed by atoms with Gasteiger partial charge in [0.25, 0.3) is 5.56 Å². The van der Waals surface area contributed by atoms with Gasteiger partial charge in [0.2, 0.25) is 5.78 Å². The number of hydrogen-bond acceptors (Lipinski definition) is 3. The molecule has 0 fully saturated rings. The van der Waals surface area contributed by atoms with Crippen molar-refractivity contribution < 1.29 is 9.18 Å². The Morgan fingerprint density at radius 2 is 1.84 bits per heavy atom. The second-order valence-electron chi connectivity index (χ2n) is 5.88. The first-order valence-corrected chi connectivity index (χ1v) is 7.81. The molecule has 0 atom stereocenters. The zero-order valence-corrected chi connectivity index (χ0v) is 13.4. The Balaban J connectivity index is 1.88. The quantitative estimate of drug-likeness (QED) is 0.541. The van der Waals surface area contributed by atoms with Crippen LogP contribution in [0.3, 0.4) is 0 Å². The van der Waals surface area contributed by atoms with Crippen molar-refractivity contribution in [3.63, 3.8) is 0 Å². The summed E-state index contributed by atoms with van der Waals surface area (Å²) in [6.07, 6.45) is 0. The first kappa shape index (κ1) is 15.3. The van der Waals surface area contributed by atoms with Crippen LogP contribution in [-0.2, 0) is 6.54 Å². The van der Waals surface area contributed by atoms with Crippen LogP contribution in [0.15, 0.2) is 59.4 Å². The van der Waals surface area contributed by atoms with Gasteiger partial charge in [-0.1, -0.05) is 12.1 Å². The maximum atomic E-state index is 13.0. The molecule has 2 aromatic heterocycles. The van der Waals surface area contributed by atoms with Gasteiger partial charge in [-0.05, 0) is 43.3 Å². The van der Waals surface area contributed by atoms with E-state index in [0.717, 1.165) is 0 Å². The number of halogens is 1. The monoisotopic (exact) mass is 335 g/mol. The summed E-state index contributed by atoms with van der Waals surface area (Å²) in [5, 5.41) is 0. The Morgan fingerprint density at radius 3 is 2.60 bits per heavy atom. The first-order chi connectivity index (χ1) is 12.0. The number of nitrogens with zero attached hydrogens (tertiary/aromatic N) is 3. The summed E-state index contributed by atoms with van der Waals surface area (Å²) in [4.78, 5) is 29.5. The number of carbonyl (C=O) groups excluding carboxylic acids is 1. The van der Waals surface area contributed by atoms with E-state index in [-0.39, 0.29) is 17.9 Å². The number of para-hydroxylation sites is 2. The lowest BCUT2D eigenvalue weighted by atomic mass is 10.1. The van der Waals surface area contributed by atoms with Crippen molar-refractivity contribution in [3.8, 4) is 0 Å². The predicted octanol–water partition coefficient (Wildman–Crippen LogP) is 2.98. The number of aromatic nitrogens is 3. The van der Waals surface area contributed by atoms with E-state index in [1.54, 1.807) is 11.5 Å². The van der Waals surface area contributed by atoms with E-state index < -0.39 is 5.82 Å². The van der Waals surface area contributed by atoms with E-state index in [1.165, 1.54) is 34.7 Å². The van der Waals surface area contributed by atoms with Gasteiger partial charge >= 0.3 is 0 Å². The summed E-state index contributed by atoms with van der Waals surface area (Å²) < 4.78 is 16.2. The molecule has 4 rings (SSSR count). The fourth-order valence-corrected chi connectivity index (χ4v) is 2.96. The highest BCUT2D eigenvalue weighted by molar-refractivity contribution is 5.96. The smallest absolute Gasteiger partial charge is 0.259 e. The zero-order valence-electron chi connectivity index (χ0n) is 13.4. The van der Waals surface area contributed by atoms with Crippen LogP contribution in [-0.4, -0.2) is 19.7 Å². The summed E-state index contributed by atoms with van der Waals surface area (Å²) in [6, 6.07) is 14.2. The largest absolute Gasteiger partial charge is 0.308 e. The minimum atomic E-state index is -0.391. The van der Waals surface area contributed by atoms with Crippen molar-refractivity contribution in [2.75, 3.05) is 0 Å². The van der Waals surface area contributed by atoms with Gasteiger partial charge in [0.05, 0.1) is 17.6 Å². The molecule has 0 aliphatic rings. The third-order valence-electron chi connectivity index (χ3n) is 4.23. The van der Waals surface area contributed by atoms with Crippen LogP contribution in [0.2, 0.25) is 0 Å². The van der Waals surface area contributed by atoms with Crippen LogP contribution < -0.4 is 5.56 Å².